The van der Waals surface area contributed by atoms with Crippen LogP contribution in [0.25, 0.3) is 0 Å². The molecule has 0 spiro atoms. The first kappa shape index (κ1) is 19.4. The normalized spacial score (nSPS) is 13.8. The number of guanidine groups is 1. The number of benzene rings is 1. The summed E-state index contributed by atoms with van der Waals surface area (Å²) in [5.41, 5.74) is 0.981. The van der Waals surface area contributed by atoms with Crippen LogP contribution in [0.3, 0.4) is 0 Å². The van der Waals surface area contributed by atoms with Gasteiger partial charge in [-0.3, -0.25) is 0 Å². The van der Waals surface area contributed by atoms with E-state index in [0.717, 1.165) is 18.1 Å². The van der Waals surface area contributed by atoms with Crippen LogP contribution >= 0.6 is 24.0 Å². The summed E-state index contributed by atoms with van der Waals surface area (Å²) in [6.45, 7) is 3.41. The van der Waals surface area contributed by atoms with Crippen molar-refractivity contribution in [2.45, 2.75) is 32.4 Å². The fourth-order valence-corrected chi connectivity index (χ4v) is 2.13. The number of aliphatic imine (C=N–C) groups is 1. The van der Waals surface area contributed by atoms with Crippen LogP contribution in [0.2, 0.25) is 0 Å². The highest BCUT2D eigenvalue weighted by molar-refractivity contribution is 14.0. The van der Waals surface area contributed by atoms with Crippen LogP contribution < -0.4 is 15.4 Å². The molecule has 1 aliphatic rings. The predicted molar refractivity (Wildman–Crippen MR) is 107 cm³/mol. The quantitative estimate of drug-likeness (QED) is 0.394. The molecule has 134 valence electrons. The summed E-state index contributed by atoms with van der Waals surface area (Å²) in [6.07, 6.45) is 4.13. The number of halogens is 2. The van der Waals surface area contributed by atoms with Gasteiger partial charge in [0.1, 0.15) is 11.6 Å². The molecule has 0 amide bonds. The second-order valence-corrected chi connectivity index (χ2v) is 5.68. The maximum Gasteiger partial charge on any atom is 0.219 e. The topological polar surface area (TPSA) is 58.5 Å². The van der Waals surface area contributed by atoms with Crippen molar-refractivity contribution in [1.29, 1.82) is 0 Å². The standard InChI is InChI=1S/C18H21FN4O.HI/c1-2-20-18(23-15-7-8-15)22-12-13-6-9-17(21-11-13)24-16-5-3-4-14(19)10-16;/h3-6,9-11,15H,2,7-8,12H2,1H3,(H2,20,22,23);1H. The number of aromatic nitrogens is 1. The Balaban J connectivity index is 0.00000225. The summed E-state index contributed by atoms with van der Waals surface area (Å²) in [4.78, 5) is 8.80. The first-order valence-electron chi connectivity index (χ1n) is 8.16. The number of rotatable bonds is 6. The molecule has 0 saturated heterocycles. The Kier molecular flexibility index (Phi) is 7.42. The number of hydrogen-bond donors (Lipinski definition) is 2. The molecule has 2 aromatic rings. The zero-order valence-electron chi connectivity index (χ0n) is 14.0. The van der Waals surface area contributed by atoms with E-state index in [1.807, 2.05) is 13.0 Å². The smallest absolute Gasteiger partial charge is 0.219 e. The zero-order valence-corrected chi connectivity index (χ0v) is 16.4. The Hall–Kier alpha value is -1.90. The van der Waals surface area contributed by atoms with E-state index in [2.05, 4.69) is 20.6 Å². The summed E-state index contributed by atoms with van der Waals surface area (Å²) < 4.78 is 18.7. The fraction of sp³-hybridized carbons (Fsp3) is 0.333. The molecule has 5 nitrogen and oxygen atoms in total. The van der Waals surface area contributed by atoms with Gasteiger partial charge in [-0.15, -0.1) is 24.0 Å². The largest absolute Gasteiger partial charge is 0.439 e. The molecule has 0 aliphatic heterocycles. The molecule has 1 saturated carbocycles. The van der Waals surface area contributed by atoms with Crippen molar-refractivity contribution in [2.24, 2.45) is 4.99 Å². The number of pyridine rings is 1. The van der Waals surface area contributed by atoms with Crippen LogP contribution in [-0.4, -0.2) is 23.5 Å². The first-order valence-corrected chi connectivity index (χ1v) is 8.16. The van der Waals surface area contributed by atoms with Gasteiger partial charge in [0.25, 0.3) is 0 Å². The predicted octanol–water partition coefficient (Wildman–Crippen LogP) is 3.85. The maximum absolute atomic E-state index is 13.1. The average molecular weight is 456 g/mol. The van der Waals surface area contributed by atoms with Crippen molar-refractivity contribution >= 4 is 29.9 Å². The Morgan fingerprint density at radius 2 is 2.16 bits per heavy atom. The first-order chi connectivity index (χ1) is 11.7. The minimum absolute atomic E-state index is 0. The lowest BCUT2D eigenvalue weighted by Crippen LogP contribution is -2.38. The summed E-state index contributed by atoms with van der Waals surface area (Å²) in [6, 6.07) is 10.2. The lowest BCUT2D eigenvalue weighted by Gasteiger charge is -2.10. The Morgan fingerprint density at radius 1 is 1.32 bits per heavy atom. The van der Waals surface area contributed by atoms with Crippen LogP contribution in [0.1, 0.15) is 25.3 Å². The molecular formula is C18H22FIN4O. The highest BCUT2D eigenvalue weighted by atomic mass is 127. The Morgan fingerprint density at radius 3 is 2.80 bits per heavy atom. The molecule has 0 unspecified atom stereocenters. The van der Waals surface area contributed by atoms with Crippen molar-refractivity contribution in [3.63, 3.8) is 0 Å². The summed E-state index contributed by atoms with van der Waals surface area (Å²) in [7, 11) is 0. The van der Waals surface area contributed by atoms with Gasteiger partial charge in [0.05, 0.1) is 6.54 Å². The number of nitrogens with one attached hydrogen (secondary N) is 2. The number of nitrogens with zero attached hydrogens (tertiary/aromatic N) is 2. The Labute approximate surface area is 164 Å². The van der Waals surface area contributed by atoms with Gasteiger partial charge in [-0.1, -0.05) is 12.1 Å². The molecule has 25 heavy (non-hydrogen) atoms. The van der Waals surface area contributed by atoms with Gasteiger partial charge < -0.3 is 15.4 Å². The van der Waals surface area contributed by atoms with Gasteiger partial charge in [0.15, 0.2) is 5.96 Å². The molecule has 3 rings (SSSR count). The fourth-order valence-electron chi connectivity index (χ4n) is 2.13. The lowest BCUT2D eigenvalue weighted by molar-refractivity contribution is 0.457. The SMILES string of the molecule is CCNC(=NCc1ccc(Oc2cccc(F)c2)nc1)NC1CC1.I. The van der Waals surface area contributed by atoms with Gasteiger partial charge in [-0.25, -0.2) is 14.4 Å². The van der Waals surface area contributed by atoms with Crippen LogP contribution in [-0.2, 0) is 6.54 Å². The minimum atomic E-state index is -0.336. The molecule has 7 heteroatoms. The van der Waals surface area contributed by atoms with E-state index in [-0.39, 0.29) is 29.8 Å². The maximum atomic E-state index is 13.1. The van der Waals surface area contributed by atoms with Crippen molar-refractivity contribution < 1.29 is 9.13 Å². The van der Waals surface area contributed by atoms with E-state index in [1.54, 1.807) is 24.4 Å². The summed E-state index contributed by atoms with van der Waals surface area (Å²) in [5, 5.41) is 6.60. The van der Waals surface area contributed by atoms with Gasteiger partial charge in [0.2, 0.25) is 5.88 Å². The number of ether oxygens (including phenoxy) is 1. The van der Waals surface area contributed by atoms with E-state index in [0.29, 0.717) is 24.2 Å². The van der Waals surface area contributed by atoms with E-state index in [4.69, 9.17) is 4.74 Å². The highest BCUT2D eigenvalue weighted by Gasteiger charge is 2.21. The van der Waals surface area contributed by atoms with Gasteiger partial charge in [-0.05, 0) is 37.5 Å². The van der Waals surface area contributed by atoms with Crippen molar-refractivity contribution in [3.8, 4) is 11.6 Å². The van der Waals surface area contributed by atoms with Crippen molar-refractivity contribution in [1.82, 2.24) is 15.6 Å². The minimum Gasteiger partial charge on any atom is -0.439 e. The lowest BCUT2D eigenvalue weighted by atomic mass is 10.3. The van der Waals surface area contributed by atoms with E-state index >= 15 is 0 Å². The van der Waals surface area contributed by atoms with E-state index < -0.39 is 0 Å². The molecule has 1 aromatic heterocycles. The van der Waals surface area contributed by atoms with Crippen LogP contribution in [0.4, 0.5) is 4.39 Å². The molecule has 1 heterocycles. The monoisotopic (exact) mass is 456 g/mol. The molecule has 2 N–H and O–H groups in total. The molecule has 0 bridgehead atoms. The third-order valence-electron chi connectivity index (χ3n) is 3.50. The number of hydrogen-bond acceptors (Lipinski definition) is 3. The molecule has 1 fully saturated rings. The van der Waals surface area contributed by atoms with Gasteiger partial charge in [0, 0.05) is 30.9 Å². The molecule has 0 atom stereocenters. The second kappa shape index (κ2) is 9.55. The third-order valence-corrected chi connectivity index (χ3v) is 3.50. The second-order valence-electron chi connectivity index (χ2n) is 5.68. The Bertz CT molecular complexity index is 704. The van der Waals surface area contributed by atoms with E-state index in [1.165, 1.54) is 25.0 Å². The van der Waals surface area contributed by atoms with Crippen LogP contribution in [0, 0.1) is 5.82 Å². The van der Waals surface area contributed by atoms with Crippen molar-refractivity contribution in [2.75, 3.05) is 6.54 Å². The zero-order chi connectivity index (χ0) is 16.8. The van der Waals surface area contributed by atoms with Gasteiger partial charge >= 0.3 is 0 Å². The average Bonchev–Trinajstić information content (AvgIpc) is 3.38. The van der Waals surface area contributed by atoms with Crippen LogP contribution in [0.15, 0.2) is 47.6 Å². The van der Waals surface area contributed by atoms with Crippen molar-refractivity contribution in [3.05, 3.63) is 54.0 Å². The van der Waals surface area contributed by atoms with Crippen LogP contribution in [0.5, 0.6) is 11.6 Å². The van der Waals surface area contributed by atoms with Gasteiger partial charge in [-0.2, -0.15) is 0 Å². The molecule has 1 aromatic carbocycles. The highest BCUT2D eigenvalue weighted by Crippen LogP contribution is 2.20. The molecule has 1 aliphatic carbocycles. The summed E-state index contributed by atoms with van der Waals surface area (Å²) in [5.74, 6) is 1.35. The molecule has 0 radical (unpaired) electrons. The third kappa shape index (κ3) is 6.49. The molecular weight excluding hydrogens is 434 g/mol. The summed E-state index contributed by atoms with van der Waals surface area (Å²) >= 11 is 0. The van der Waals surface area contributed by atoms with E-state index in [9.17, 15) is 4.39 Å².